The van der Waals surface area contributed by atoms with Crippen LogP contribution in [0.3, 0.4) is 0 Å². The van der Waals surface area contributed by atoms with Crippen molar-refractivity contribution in [2.24, 2.45) is 11.8 Å². The van der Waals surface area contributed by atoms with E-state index in [0.717, 1.165) is 37.9 Å². The molecule has 21 heavy (non-hydrogen) atoms. The number of hydrogen-bond acceptors (Lipinski definition) is 3. The highest BCUT2D eigenvalue weighted by atomic mass is 16.5. The van der Waals surface area contributed by atoms with Gasteiger partial charge in [0.25, 0.3) is 0 Å². The van der Waals surface area contributed by atoms with E-state index >= 15 is 0 Å². The lowest BCUT2D eigenvalue weighted by molar-refractivity contribution is -0.159. The summed E-state index contributed by atoms with van der Waals surface area (Å²) in [5.74, 6) is 0.326. The molecule has 0 aliphatic carbocycles. The first kappa shape index (κ1) is 16.0. The van der Waals surface area contributed by atoms with Gasteiger partial charge in [-0.3, -0.25) is 4.79 Å². The Morgan fingerprint density at radius 2 is 2.10 bits per heavy atom. The minimum atomic E-state index is -0.129. The molecule has 1 saturated heterocycles. The number of rotatable bonds is 5. The highest BCUT2D eigenvalue weighted by molar-refractivity contribution is 5.73. The number of piperidine rings is 1. The monoisotopic (exact) mass is 289 g/mol. The molecule has 1 fully saturated rings. The molecule has 2 rings (SSSR count). The maximum absolute atomic E-state index is 12.5. The Labute approximate surface area is 128 Å². The number of likely N-dealkylation sites (tertiary alicyclic amines) is 1. The number of esters is 1. The minimum Gasteiger partial charge on any atom is -0.457 e. The molecule has 116 valence electrons. The summed E-state index contributed by atoms with van der Waals surface area (Å²) in [6.45, 7) is 6.19. The van der Waals surface area contributed by atoms with Gasteiger partial charge in [-0.2, -0.15) is 0 Å². The zero-order valence-corrected chi connectivity index (χ0v) is 13.4. The molecule has 3 atom stereocenters. The summed E-state index contributed by atoms with van der Waals surface area (Å²) in [4.78, 5) is 14.7. The molecule has 1 aromatic rings. The lowest BCUT2D eigenvalue weighted by atomic mass is 9.94. The molecule has 0 aromatic heterocycles. The largest absolute Gasteiger partial charge is 0.457 e. The van der Waals surface area contributed by atoms with Gasteiger partial charge in [0.15, 0.2) is 0 Å². The molecule has 0 N–H and O–H groups in total. The molecule has 0 saturated carbocycles. The molecular weight excluding hydrogens is 262 g/mol. The maximum atomic E-state index is 12.5. The maximum Gasteiger partial charge on any atom is 0.310 e. The Morgan fingerprint density at radius 1 is 1.38 bits per heavy atom. The summed E-state index contributed by atoms with van der Waals surface area (Å²) in [5, 5.41) is 0. The van der Waals surface area contributed by atoms with Crippen LogP contribution in [0.2, 0.25) is 0 Å². The second-order valence-electron chi connectivity index (χ2n) is 6.26. The fourth-order valence-electron chi connectivity index (χ4n) is 2.95. The van der Waals surface area contributed by atoms with Crippen molar-refractivity contribution >= 4 is 5.97 Å². The highest BCUT2D eigenvalue weighted by Crippen LogP contribution is 2.30. The average Bonchev–Trinajstić information content (AvgIpc) is 2.52. The Bertz CT molecular complexity index is 446. The molecule has 0 radical (unpaired) electrons. The topological polar surface area (TPSA) is 29.5 Å². The summed E-state index contributed by atoms with van der Waals surface area (Å²) >= 11 is 0. The third kappa shape index (κ3) is 4.31. The van der Waals surface area contributed by atoms with Crippen molar-refractivity contribution in [3.05, 3.63) is 35.9 Å². The van der Waals surface area contributed by atoms with E-state index in [4.69, 9.17) is 4.74 Å². The van der Waals surface area contributed by atoms with Crippen LogP contribution in [0.4, 0.5) is 0 Å². The smallest absolute Gasteiger partial charge is 0.310 e. The number of nitrogens with zero attached hydrogens (tertiary/aromatic N) is 1. The number of hydrogen-bond donors (Lipinski definition) is 0. The van der Waals surface area contributed by atoms with Crippen LogP contribution in [0.25, 0.3) is 0 Å². The molecule has 1 heterocycles. The zero-order chi connectivity index (χ0) is 15.2. The van der Waals surface area contributed by atoms with Crippen LogP contribution < -0.4 is 0 Å². The second-order valence-corrected chi connectivity index (χ2v) is 6.26. The predicted molar refractivity (Wildman–Crippen MR) is 85.0 cm³/mol. The zero-order valence-electron chi connectivity index (χ0n) is 13.4. The number of benzene rings is 1. The van der Waals surface area contributed by atoms with Crippen molar-refractivity contribution in [3.63, 3.8) is 0 Å². The molecule has 3 nitrogen and oxygen atoms in total. The van der Waals surface area contributed by atoms with E-state index < -0.39 is 0 Å². The molecule has 1 aliphatic heterocycles. The van der Waals surface area contributed by atoms with E-state index in [1.165, 1.54) is 0 Å². The minimum absolute atomic E-state index is 0.0269. The molecule has 1 aliphatic rings. The first-order chi connectivity index (χ1) is 10.1. The summed E-state index contributed by atoms with van der Waals surface area (Å²) in [6.07, 6.45) is 2.90. The van der Waals surface area contributed by atoms with E-state index in [2.05, 4.69) is 37.9 Å². The van der Waals surface area contributed by atoms with Crippen LogP contribution >= 0.6 is 0 Å². The van der Waals surface area contributed by atoms with Gasteiger partial charge in [-0.25, -0.2) is 0 Å². The summed E-state index contributed by atoms with van der Waals surface area (Å²) in [5.41, 5.74) is 1.10. The van der Waals surface area contributed by atoms with Crippen LogP contribution in [0.15, 0.2) is 30.3 Å². The molecule has 0 amide bonds. The lowest BCUT2D eigenvalue weighted by Crippen LogP contribution is -2.37. The fraction of sp³-hybridized carbons (Fsp3) is 0.611. The van der Waals surface area contributed by atoms with Crippen LogP contribution in [-0.4, -0.2) is 31.0 Å². The number of ether oxygens (including phenoxy) is 1. The first-order valence-electron chi connectivity index (χ1n) is 8.05. The normalized spacial score (nSPS) is 22.5. The van der Waals surface area contributed by atoms with Crippen LogP contribution in [0, 0.1) is 11.8 Å². The highest BCUT2D eigenvalue weighted by Gasteiger charge is 2.29. The SMILES string of the molecule is CCC(C)C(OC(=O)C1CCCN(C)C1)c1ccccc1. The fourth-order valence-corrected chi connectivity index (χ4v) is 2.95. The van der Waals surface area contributed by atoms with Gasteiger partial charge in [-0.1, -0.05) is 44.2 Å². The van der Waals surface area contributed by atoms with Gasteiger partial charge < -0.3 is 9.64 Å². The van der Waals surface area contributed by atoms with Gasteiger partial charge >= 0.3 is 5.97 Å². The Kier molecular flexibility index (Phi) is 5.80. The van der Waals surface area contributed by atoms with Gasteiger partial charge in [0, 0.05) is 6.54 Å². The Balaban J connectivity index is 2.06. The molecular formula is C18H27NO2. The molecule has 3 heteroatoms. The van der Waals surface area contributed by atoms with E-state index in [-0.39, 0.29) is 18.0 Å². The first-order valence-corrected chi connectivity index (χ1v) is 8.05. The standard InChI is InChI=1S/C18H27NO2/c1-4-14(2)17(15-9-6-5-7-10-15)21-18(20)16-11-8-12-19(3)13-16/h5-7,9-10,14,16-17H,4,8,11-13H2,1-3H3. The van der Waals surface area contributed by atoms with Crippen LogP contribution in [-0.2, 0) is 9.53 Å². The van der Waals surface area contributed by atoms with Crippen molar-refractivity contribution in [2.75, 3.05) is 20.1 Å². The van der Waals surface area contributed by atoms with Gasteiger partial charge in [0.05, 0.1) is 5.92 Å². The third-order valence-corrected chi connectivity index (χ3v) is 4.49. The van der Waals surface area contributed by atoms with E-state index in [9.17, 15) is 4.79 Å². The van der Waals surface area contributed by atoms with Crippen molar-refractivity contribution in [3.8, 4) is 0 Å². The predicted octanol–water partition coefficient (Wildman–Crippen LogP) is 3.66. The summed E-state index contributed by atoms with van der Waals surface area (Å²) in [6, 6.07) is 10.1. The second kappa shape index (κ2) is 7.60. The molecule has 1 aromatic carbocycles. The van der Waals surface area contributed by atoms with E-state index in [1.807, 2.05) is 18.2 Å². The number of carbonyl (C=O) groups excluding carboxylic acids is 1. The molecule has 0 spiro atoms. The van der Waals surface area contributed by atoms with Crippen LogP contribution in [0.5, 0.6) is 0 Å². The average molecular weight is 289 g/mol. The summed E-state index contributed by atoms with van der Waals surface area (Å²) in [7, 11) is 2.07. The Morgan fingerprint density at radius 3 is 2.71 bits per heavy atom. The lowest BCUT2D eigenvalue weighted by Gasteiger charge is -2.31. The quantitative estimate of drug-likeness (QED) is 0.775. The van der Waals surface area contributed by atoms with Gasteiger partial charge in [-0.05, 0) is 44.3 Å². The molecule has 3 unspecified atom stereocenters. The van der Waals surface area contributed by atoms with Gasteiger partial charge in [-0.15, -0.1) is 0 Å². The van der Waals surface area contributed by atoms with Crippen molar-refractivity contribution in [2.45, 2.75) is 39.2 Å². The van der Waals surface area contributed by atoms with Gasteiger partial charge in [0.2, 0.25) is 0 Å². The summed E-state index contributed by atoms with van der Waals surface area (Å²) < 4.78 is 5.91. The van der Waals surface area contributed by atoms with Crippen LogP contribution in [0.1, 0.15) is 44.8 Å². The molecule has 0 bridgehead atoms. The Hall–Kier alpha value is -1.35. The van der Waals surface area contributed by atoms with Crippen molar-refractivity contribution in [1.29, 1.82) is 0 Å². The van der Waals surface area contributed by atoms with E-state index in [1.54, 1.807) is 0 Å². The van der Waals surface area contributed by atoms with Gasteiger partial charge in [0.1, 0.15) is 6.10 Å². The number of carbonyl (C=O) groups is 1. The van der Waals surface area contributed by atoms with Crippen molar-refractivity contribution < 1.29 is 9.53 Å². The van der Waals surface area contributed by atoms with Crippen molar-refractivity contribution in [1.82, 2.24) is 4.90 Å². The third-order valence-electron chi connectivity index (χ3n) is 4.49. The van der Waals surface area contributed by atoms with E-state index in [0.29, 0.717) is 5.92 Å².